The maximum atomic E-state index is 12.6. The molecule has 122 valence electrons. The molecule has 24 heavy (non-hydrogen) atoms. The Balaban J connectivity index is 1.73. The number of halogens is 1. The minimum absolute atomic E-state index is 0.0934. The van der Waals surface area contributed by atoms with Crippen LogP contribution in [0.3, 0.4) is 0 Å². The van der Waals surface area contributed by atoms with Crippen molar-refractivity contribution >= 4 is 34.9 Å². The summed E-state index contributed by atoms with van der Waals surface area (Å²) >= 11 is 7.65. The first kappa shape index (κ1) is 15.6. The van der Waals surface area contributed by atoms with Crippen LogP contribution in [0, 0.1) is 0 Å². The van der Waals surface area contributed by atoms with Crippen LogP contribution in [-0.4, -0.2) is 31.1 Å². The zero-order chi connectivity index (χ0) is 16.7. The van der Waals surface area contributed by atoms with Crippen molar-refractivity contribution in [1.82, 2.24) is 19.6 Å². The Kier molecular flexibility index (Phi) is 4.02. The number of hydrogen-bond acceptors (Lipinski definition) is 5. The van der Waals surface area contributed by atoms with Gasteiger partial charge in [0, 0.05) is 17.6 Å². The van der Waals surface area contributed by atoms with Crippen molar-refractivity contribution in [3.63, 3.8) is 0 Å². The van der Waals surface area contributed by atoms with E-state index in [1.54, 1.807) is 22.5 Å². The number of carbonyl (C=O) groups excluding carboxylic acids is 1. The molecule has 0 amide bonds. The lowest BCUT2D eigenvalue weighted by Gasteiger charge is -2.23. The first-order chi connectivity index (χ1) is 11.6. The Labute approximate surface area is 148 Å². The van der Waals surface area contributed by atoms with Crippen molar-refractivity contribution in [2.45, 2.75) is 30.8 Å². The summed E-state index contributed by atoms with van der Waals surface area (Å²) in [7, 11) is 0. The predicted molar refractivity (Wildman–Crippen MR) is 94.0 cm³/mol. The number of aromatic nitrogens is 4. The Morgan fingerprint density at radius 2 is 2.21 bits per heavy atom. The maximum absolute atomic E-state index is 12.6. The summed E-state index contributed by atoms with van der Waals surface area (Å²) in [5.74, 6) is 1.64. The molecule has 4 rings (SSSR count). The van der Waals surface area contributed by atoms with Gasteiger partial charge in [0.05, 0.1) is 11.3 Å². The Morgan fingerprint density at radius 3 is 3.00 bits per heavy atom. The molecule has 0 saturated carbocycles. The minimum Gasteiger partial charge on any atom is -0.294 e. The van der Waals surface area contributed by atoms with Gasteiger partial charge in [0.1, 0.15) is 0 Å². The Morgan fingerprint density at radius 1 is 1.33 bits per heavy atom. The summed E-state index contributed by atoms with van der Waals surface area (Å²) in [5, 5.41) is 5.74. The number of benzene rings is 1. The van der Waals surface area contributed by atoms with Crippen LogP contribution in [0.15, 0.2) is 35.6 Å². The van der Waals surface area contributed by atoms with Crippen molar-refractivity contribution < 1.29 is 4.79 Å². The molecule has 0 saturated heterocycles. The van der Waals surface area contributed by atoms with Gasteiger partial charge in [0.2, 0.25) is 5.16 Å². The lowest BCUT2D eigenvalue weighted by molar-refractivity contribution is 0.0962. The van der Waals surface area contributed by atoms with Crippen LogP contribution >= 0.6 is 23.4 Å². The minimum atomic E-state index is 0.0934. The lowest BCUT2D eigenvalue weighted by Crippen LogP contribution is -2.21. The van der Waals surface area contributed by atoms with Gasteiger partial charge in [0.25, 0.3) is 5.78 Å². The van der Waals surface area contributed by atoms with Crippen LogP contribution in [0.1, 0.15) is 40.9 Å². The molecule has 2 heterocycles. The van der Waals surface area contributed by atoms with E-state index in [9.17, 15) is 4.79 Å². The van der Waals surface area contributed by atoms with Crippen molar-refractivity contribution in [2.24, 2.45) is 0 Å². The van der Waals surface area contributed by atoms with Gasteiger partial charge < -0.3 is 0 Å². The van der Waals surface area contributed by atoms with Gasteiger partial charge >= 0.3 is 0 Å². The normalized spacial score (nSPS) is 17.2. The third-order valence-corrected chi connectivity index (χ3v) is 5.11. The molecular weight excluding hydrogens is 344 g/mol. The molecule has 5 nitrogen and oxygen atoms in total. The molecule has 0 spiro atoms. The number of ketones is 1. The van der Waals surface area contributed by atoms with Gasteiger partial charge in [0.15, 0.2) is 5.78 Å². The molecule has 1 aromatic carbocycles. The molecule has 2 aromatic heterocycles. The lowest BCUT2D eigenvalue weighted by atomic mass is 9.82. The average molecular weight is 359 g/mol. The topological polar surface area (TPSA) is 60.1 Å². The van der Waals surface area contributed by atoms with Crippen LogP contribution < -0.4 is 0 Å². The molecule has 0 aliphatic heterocycles. The van der Waals surface area contributed by atoms with Crippen LogP contribution in [-0.2, 0) is 6.42 Å². The van der Waals surface area contributed by atoms with Crippen molar-refractivity contribution in [3.8, 4) is 0 Å². The van der Waals surface area contributed by atoms with E-state index >= 15 is 0 Å². The van der Waals surface area contributed by atoms with E-state index in [-0.39, 0.29) is 11.7 Å². The summed E-state index contributed by atoms with van der Waals surface area (Å²) in [6.45, 7) is 2.05. The van der Waals surface area contributed by atoms with E-state index in [4.69, 9.17) is 11.6 Å². The summed E-state index contributed by atoms with van der Waals surface area (Å²) in [6.07, 6.45) is 2.94. The molecule has 1 aliphatic carbocycles. The van der Waals surface area contributed by atoms with Crippen molar-refractivity contribution in [3.05, 3.63) is 52.3 Å². The average Bonchev–Trinajstić information content (AvgIpc) is 2.94. The van der Waals surface area contributed by atoms with Crippen molar-refractivity contribution in [1.29, 1.82) is 0 Å². The summed E-state index contributed by atoms with van der Waals surface area (Å²) in [4.78, 5) is 21.6. The van der Waals surface area contributed by atoms with Gasteiger partial charge in [-0.05, 0) is 35.8 Å². The van der Waals surface area contributed by atoms with E-state index in [0.717, 1.165) is 17.0 Å². The van der Waals surface area contributed by atoms with E-state index < -0.39 is 0 Å². The molecule has 0 radical (unpaired) electrons. The monoisotopic (exact) mass is 358 g/mol. The number of fused-ring (bicyclic) bond motifs is 2. The molecule has 1 atom stereocenters. The number of Topliss-reactive ketones (excluding diaryl/α,β-unsaturated/α-hetero) is 1. The molecule has 3 aromatic rings. The standard InChI is InChI=1S/C17H15ClN4OS/c1-2-24-17-20-16-19-14-7-11(10-4-3-5-12(18)6-10)8-15(23)13(14)9-22(16)21-17/h3-6,9,11H,2,7-8H2,1H3/t11-/m1/s1. The van der Waals surface area contributed by atoms with E-state index in [1.165, 1.54) is 0 Å². The third kappa shape index (κ3) is 2.80. The number of rotatable bonds is 3. The smallest absolute Gasteiger partial charge is 0.253 e. The number of thioether (sulfide) groups is 1. The quantitative estimate of drug-likeness (QED) is 0.666. The zero-order valence-electron chi connectivity index (χ0n) is 13.1. The second-order valence-electron chi connectivity index (χ2n) is 5.76. The first-order valence-corrected chi connectivity index (χ1v) is 9.18. The largest absolute Gasteiger partial charge is 0.294 e. The molecule has 0 N–H and O–H groups in total. The predicted octanol–water partition coefficient (Wildman–Crippen LogP) is 3.80. The van der Waals surface area contributed by atoms with Gasteiger partial charge in [-0.3, -0.25) is 4.79 Å². The van der Waals surface area contributed by atoms with Crippen LogP contribution in [0.4, 0.5) is 0 Å². The van der Waals surface area contributed by atoms with E-state index in [2.05, 4.69) is 15.1 Å². The highest BCUT2D eigenvalue weighted by Crippen LogP contribution is 2.33. The second kappa shape index (κ2) is 6.18. The van der Waals surface area contributed by atoms with Crippen LogP contribution in [0.5, 0.6) is 0 Å². The van der Waals surface area contributed by atoms with Gasteiger partial charge in [-0.2, -0.15) is 4.98 Å². The molecule has 0 fully saturated rings. The molecular formula is C17H15ClN4OS. The van der Waals surface area contributed by atoms with Crippen LogP contribution in [0.2, 0.25) is 5.02 Å². The summed E-state index contributed by atoms with van der Waals surface area (Å²) < 4.78 is 1.61. The highest BCUT2D eigenvalue weighted by atomic mass is 35.5. The second-order valence-corrected chi connectivity index (χ2v) is 7.42. The molecule has 7 heteroatoms. The maximum Gasteiger partial charge on any atom is 0.253 e. The fraction of sp³-hybridized carbons (Fsp3) is 0.294. The summed E-state index contributed by atoms with van der Waals surface area (Å²) in [6, 6.07) is 7.70. The SMILES string of the molecule is CCSc1nc2nc3c(cn2n1)C(=O)C[C@H](c1cccc(Cl)c1)C3. The Bertz CT molecular complexity index is 939. The molecule has 1 aliphatic rings. The fourth-order valence-corrected chi connectivity index (χ4v) is 3.80. The molecule has 0 bridgehead atoms. The van der Waals surface area contributed by atoms with Crippen LogP contribution in [0.25, 0.3) is 5.78 Å². The number of carbonyl (C=O) groups is 1. The fourth-order valence-electron chi connectivity index (χ4n) is 3.05. The first-order valence-electron chi connectivity index (χ1n) is 7.82. The third-order valence-electron chi connectivity index (χ3n) is 4.16. The Hall–Kier alpha value is -1.92. The van der Waals surface area contributed by atoms with Gasteiger partial charge in [-0.25, -0.2) is 9.50 Å². The zero-order valence-corrected chi connectivity index (χ0v) is 14.6. The summed E-state index contributed by atoms with van der Waals surface area (Å²) in [5.41, 5.74) is 2.52. The number of hydrogen-bond donors (Lipinski definition) is 0. The highest BCUT2D eigenvalue weighted by Gasteiger charge is 2.28. The van der Waals surface area contributed by atoms with Crippen molar-refractivity contribution in [2.75, 3.05) is 5.75 Å². The number of nitrogens with zero attached hydrogens (tertiary/aromatic N) is 4. The van der Waals surface area contributed by atoms with Gasteiger partial charge in [-0.1, -0.05) is 42.4 Å². The van der Waals surface area contributed by atoms with E-state index in [1.807, 2.05) is 31.2 Å². The molecule has 0 unspecified atom stereocenters. The highest BCUT2D eigenvalue weighted by molar-refractivity contribution is 7.99. The van der Waals surface area contributed by atoms with Gasteiger partial charge in [-0.15, -0.1) is 5.10 Å². The van der Waals surface area contributed by atoms with E-state index in [0.29, 0.717) is 34.4 Å².